The van der Waals surface area contributed by atoms with Crippen molar-refractivity contribution in [2.24, 2.45) is 5.92 Å². The van der Waals surface area contributed by atoms with E-state index in [4.69, 9.17) is 5.11 Å². The summed E-state index contributed by atoms with van der Waals surface area (Å²) in [6.45, 7) is 1.85. The highest BCUT2D eigenvalue weighted by atomic mass is 16.4. The van der Waals surface area contributed by atoms with Gasteiger partial charge in [-0.15, -0.1) is 0 Å². The zero-order chi connectivity index (χ0) is 11.3. The molecule has 1 saturated carbocycles. The van der Waals surface area contributed by atoms with Gasteiger partial charge < -0.3 is 10.4 Å². The summed E-state index contributed by atoms with van der Waals surface area (Å²) in [7, 11) is 0. The predicted octanol–water partition coefficient (Wildman–Crippen LogP) is 1.55. The number of carbonyl (C=O) groups is 2. The standard InChI is InChI=1S/C11H19NO3/c1-8(5-6-11(14)15)12-10(13)7-9-3-2-4-9/h8-9H,2-7H2,1H3,(H,12,13)(H,14,15). The number of nitrogens with one attached hydrogen (secondary N) is 1. The Morgan fingerprint density at radius 2 is 2.13 bits per heavy atom. The van der Waals surface area contributed by atoms with Gasteiger partial charge in [0.05, 0.1) is 0 Å². The van der Waals surface area contributed by atoms with Crippen molar-refractivity contribution in [3.63, 3.8) is 0 Å². The maximum Gasteiger partial charge on any atom is 0.303 e. The predicted molar refractivity (Wildman–Crippen MR) is 56.4 cm³/mol. The molecule has 1 unspecified atom stereocenters. The molecule has 86 valence electrons. The van der Waals surface area contributed by atoms with E-state index in [1.807, 2.05) is 6.92 Å². The zero-order valence-corrected chi connectivity index (χ0v) is 9.16. The van der Waals surface area contributed by atoms with Gasteiger partial charge in [-0.3, -0.25) is 9.59 Å². The summed E-state index contributed by atoms with van der Waals surface area (Å²) in [5.41, 5.74) is 0. The van der Waals surface area contributed by atoms with Crippen molar-refractivity contribution in [1.82, 2.24) is 5.32 Å². The van der Waals surface area contributed by atoms with Crippen LogP contribution < -0.4 is 5.32 Å². The highest BCUT2D eigenvalue weighted by Crippen LogP contribution is 2.29. The van der Waals surface area contributed by atoms with Crippen LogP contribution in [0.1, 0.15) is 45.4 Å². The van der Waals surface area contributed by atoms with Gasteiger partial charge in [-0.1, -0.05) is 6.42 Å². The third kappa shape index (κ3) is 4.81. The van der Waals surface area contributed by atoms with E-state index in [0.29, 0.717) is 18.8 Å². The molecule has 15 heavy (non-hydrogen) atoms. The summed E-state index contributed by atoms with van der Waals surface area (Å²) < 4.78 is 0. The first-order valence-corrected chi connectivity index (χ1v) is 5.59. The smallest absolute Gasteiger partial charge is 0.303 e. The molecule has 0 bridgehead atoms. The lowest BCUT2D eigenvalue weighted by molar-refractivity contribution is -0.137. The molecule has 4 nitrogen and oxygen atoms in total. The molecule has 1 amide bonds. The summed E-state index contributed by atoms with van der Waals surface area (Å²) in [4.78, 5) is 21.8. The Bertz CT molecular complexity index is 236. The number of carboxylic acids is 1. The maximum atomic E-state index is 11.4. The van der Waals surface area contributed by atoms with Gasteiger partial charge in [0.25, 0.3) is 0 Å². The SMILES string of the molecule is CC(CCC(=O)O)NC(=O)CC1CCC1. The van der Waals surface area contributed by atoms with E-state index in [-0.39, 0.29) is 18.4 Å². The Hall–Kier alpha value is -1.06. The van der Waals surface area contributed by atoms with Gasteiger partial charge in [0.2, 0.25) is 5.91 Å². The summed E-state index contributed by atoms with van der Waals surface area (Å²) in [5, 5.41) is 11.3. The van der Waals surface area contributed by atoms with Gasteiger partial charge in [0.15, 0.2) is 0 Å². The van der Waals surface area contributed by atoms with Crippen LogP contribution in [0, 0.1) is 5.92 Å². The number of amides is 1. The first-order valence-electron chi connectivity index (χ1n) is 5.59. The second kappa shape index (κ2) is 5.73. The third-order valence-corrected chi connectivity index (χ3v) is 2.90. The Labute approximate surface area is 90.0 Å². The van der Waals surface area contributed by atoms with Crippen molar-refractivity contribution in [3.8, 4) is 0 Å². The fourth-order valence-corrected chi connectivity index (χ4v) is 1.71. The lowest BCUT2D eigenvalue weighted by atomic mass is 9.83. The third-order valence-electron chi connectivity index (χ3n) is 2.90. The summed E-state index contributed by atoms with van der Waals surface area (Å²) >= 11 is 0. The van der Waals surface area contributed by atoms with Crippen molar-refractivity contribution in [2.75, 3.05) is 0 Å². The number of carbonyl (C=O) groups excluding carboxylic acids is 1. The molecular weight excluding hydrogens is 194 g/mol. The van der Waals surface area contributed by atoms with E-state index in [2.05, 4.69) is 5.32 Å². The van der Waals surface area contributed by atoms with Crippen LogP contribution in [0.2, 0.25) is 0 Å². The normalized spacial score (nSPS) is 17.9. The fourth-order valence-electron chi connectivity index (χ4n) is 1.71. The molecule has 4 heteroatoms. The highest BCUT2D eigenvalue weighted by molar-refractivity contribution is 5.76. The molecule has 1 atom stereocenters. The van der Waals surface area contributed by atoms with Gasteiger partial charge in [0.1, 0.15) is 0 Å². The van der Waals surface area contributed by atoms with Gasteiger partial charge in [-0.05, 0) is 32.1 Å². The van der Waals surface area contributed by atoms with Crippen LogP contribution in [0.25, 0.3) is 0 Å². The van der Waals surface area contributed by atoms with E-state index in [0.717, 1.165) is 12.8 Å². The molecule has 0 aliphatic heterocycles. The van der Waals surface area contributed by atoms with Crippen molar-refractivity contribution in [2.45, 2.75) is 51.5 Å². The molecule has 0 aromatic heterocycles. The summed E-state index contributed by atoms with van der Waals surface area (Å²) in [6.07, 6.45) is 4.80. The molecule has 0 saturated heterocycles. The van der Waals surface area contributed by atoms with Crippen LogP contribution in [0.15, 0.2) is 0 Å². The molecule has 1 fully saturated rings. The van der Waals surface area contributed by atoms with E-state index in [1.165, 1.54) is 6.42 Å². The Morgan fingerprint density at radius 3 is 2.60 bits per heavy atom. The molecule has 1 rings (SSSR count). The fraction of sp³-hybridized carbons (Fsp3) is 0.818. The second-order valence-corrected chi connectivity index (χ2v) is 4.40. The molecule has 0 aromatic carbocycles. The van der Waals surface area contributed by atoms with Gasteiger partial charge in [-0.25, -0.2) is 0 Å². The van der Waals surface area contributed by atoms with Crippen molar-refractivity contribution in [3.05, 3.63) is 0 Å². The van der Waals surface area contributed by atoms with Gasteiger partial charge in [0, 0.05) is 18.9 Å². The highest BCUT2D eigenvalue weighted by Gasteiger charge is 2.21. The number of rotatable bonds is 6. The van der Waals surface area contributed by atoms with Gasteiger partial charge in [-0.2, -0.15) is 0 Å². The average Bonchev–Trinajstić information content (AvgIpc) is 2.08. The Kier molecular flexibility index (Phi) is 4.59. The van der Waals surface area contributed by atoms with E-state index < -0.39 is 5.97 Å². The van der Waals surface area contributed by atoms with Crippen molar-refractivity contribution >= 4 is 11.9 Å². The van der Waals surface area contributed by atoms with Crippen LogP contribution in [-0.2, 0) is 9.59 Å². The zero-order valence-electron chi connectivity index (χ0n) is 9.16. The average molecular weight is 213 g/mol. The molecule has 2 N–H and O–H groups in total. The monoisotopic (exact) mass is 213 g/mol. The quantitative estimate of drug-likeness (QED) is 0.703. The molecule has 0 spiro atoms. The minimum Gasteiger partial charge on any atom is -0.481 e. The maximum absolute atomic E-state index is 11.4. The number of carboxylic acid groups (broad SMARTS) is 1. The molecule has 0 aromatic rings. The topological polar surface area (TPSA) is 66.4 Å². The molecular formula is C11H19NO3. The summed E-state index contributed by atoms with van der Waals surface area (Å²) in [6, 6.07) is -0.0336. The number of hydrogen-bond donors (Lipinski definition) is 2. The van der Waals surface area contributed by atoms with Crippen LogP contribution in [0.3, 0.4) is 0 Å². The van der Waals surface area contributed by atoms with Crippen LogP contribution in [0.5, 0.6) is 0 Å². The van der Waals surface area contributed by atoms with Crippen LogP contribution in [-0.4, -0.2) is 23.0 Å². The Balaban J connectivity index is 2.09. The minimum absolute atomic E-state index is 0.0336. The minimum atomic E-state index is -0.810. The molecule has 1 aliphatic rings. The lowest BCUT2D eigenvalue weighted by Gasteiger charge is -2.25. The van der Waals surface area contributed by atoms with Crippen LogP contribution in [0.4, 0.5) is 0 Å². The largest absolute Gasteiger partial charge is 0.481 e. The lowest BCUT2D eigenvalue weighted by Crippen LogP contribution is -2.34. The van der Waals surface area contributed by atoms with Gasteiger partial charge >= 0.3 is 5.97 Å². The first kappa shape index (κ1) is 12.0. The number of aliphatic carboxylic acids is 1. The van der Waals surface area contributed by atoms with Crippen molar-refractivity contribution in [1.29, 1.82) is 0 Å². The number of hydrogen-bond acceptors (Lipinski definition) is 2. The second-order valence-electron chi connectivity index (χ2n) is 4.40. The van der Waals surface area contributed by atoms with E-state index in [1.54, 1.807) is 0 Å². The molecule has 0 heterocycles. The van der Waals surface area contributed by atoms with Crippen molar-refractivity contribution < 1.29 is 14.7 Å². The van der Waals surface area contributed by atoms with E-state index in [9.17, 15) is 9.59 Å². The molecule has 1 aliphatic carbocycles. The van der Waals surface area contributed by atoms with Crippen LogP contribution >= 0.6 is 0 Å². The Morgan fingerprint density at radius 1 is 1.47 bits per heavy atom. The van der Waals surface area contributed by atoms with E-state index >= 15 is 0 Å². The summed E-state index contributed by atoms with van der Waals surface area (Å²) in [5.74, 6) is -0.177. The first-order chi connectivity index (χ1) is 7.08. The molecule has 0 radical (unpaired) electrons.